The Morgan fingerprint density at radius 1 is 1.06 bits per heavy atom. The van der Waals surface area contributed by atoms with E-state index in [2.05, 4.69) is 0 Å². The number of anilines is 1. The first-order valence-electron chi connectivity index (χ1n) is 10.3. The Bertz CT molecular complexity index is 1340. The molecule has 1 aliphatic heterocycles. The molecule has 0 aliphatic carbocycles. The fraction of sp³-hybridized carbons (Fsp3) is 0.208. The first kappa shape index (κ1) is 25.6. The number of hydrogen-bond donors (Lipinski definition) is 1. The second kappa shape index (κ2) is 10.5. The van der Waals surface area contributed by atoms with Crippen molar-refractivity contribution in [3.63, 3.8) is 0 Å². The van der Waals surface area contributed by atoms with Gasteiger partial charge in [0.25, 0.3) is 5.69 Å². The Kier molecular flexibility index (Phi) is 7.44. The summed E-state index contributed by atoms with van der Waals surface area (Å²) in [6, 6.07) is 11.9. The van der Waals surface area contributed by atoms with Crippen molar-refractivity contribution >= 4 is 23.3 Å². The third-order valence-corrected chi connectivity index (χ3v) is 5.52. The SMILES string of the molecule is COC(=O)C1=C(C(=O)OC)N(c2ccc(OC)cc2OC)C(N)=C(C#N)C1c1cccc([N+](=O)[O-])c1. The number of allylic oxidation sites excluding steroid dienone is 1. The third kappa shape index (κ3) is 4.37. The summed E-state index contributed by atoms with van der Waals surface area (Å²) in [6.45, 7) is 0. The van der Waals surface area contributed by atoms with Gasteiger partial charge in [-0.2, -0.15) is 5.26 Å². The minimum absolute atomic E-state index is 0.151. The average molecular weight is 494 g/mol. The number of nitrogens with zero attached hydrogens (tertiary/aromatic N) is 3. The van der Waals surface area contributed by atoms with Crippen LogP contribution in [-0.4, -0.2) is 45.3 Å². The van der Waals surface area contributed by atoms with Crippen LogP contribution >= 0.6 is 0 Å². The van der Waals surface area contributed by atoms with Gasteiger partial charge in [0, 0.05) is 18.2 Å². The van der Waals surface area contributed by atoms with Crippen molar-refractivity contribution in [2.75, 3.05) is 33.3 Å². The number of ether oxygens (including phenoxy) is 4. The number of methoxy groups -OCH3 is 4. The van der Waals surface area contributed by atoms with Gasteiger partial charge < -0.3 is 24.7 Å². The fourth-order valence-electron chi connectivity index (χ4n) is 3.91. The van der Waals surface area contributed by atoms with E-state index < -0.39 is 22.8 Å². The number of nitrogens with two attached hydrogens (primary N) is 1. The smallest absolute Gasteiger partial charge is 0.355 e. The number of nitriles is 1. The highest BCUT2D eigenvalue weighted by atomic mass is 16.6. The molecule has 12 heteroatoms. The highest BCUT2D eigenvalue weighted by molar-refractivity contribution is 6.06. The van der Waals surface area contributed by atoms with Crippen LogP contribution in [0.1, 0.15) is 11.5 Å². The van der Waals surface area contributed by atoms with Gasteiger partial charge in [-0.25, -0.2) is 9.59 Å². The van der Waals surface area contributed by atoms with Crippen molar-refractivity contribution in [1.29, 1.82) is 5.26 Å². The van der Waals surface area contributed by atoms with Crippen LogP contribution in [0.3, 0.4) is 0 Å². The quantitative estimate of drug-likeness (QED) is 0.341. The molecule has 1 heterocycles. The number of esters is 2. The van der Waals surface area contributed by atoms with Crippen molar-refractivity contribution in [1.82, 2.24) is 0 Å². The average Bonchev–Trinajstić information content (AvgIpc) is 2.91. The summed E-state index contributed by atoms with van der Waals surface area (Å²) in [7, 11) is 5.04. The molecule has 0 amide bonds. The van der Waals surface area contributed by atoms with Gasteiger partial charge in [-0.05, 0) is 17.7 Å². The van der Waals surface area contributed by atoms with E-state index >= 15 is 0 Å². The van der Waals surface area contributed by atoms with Gasteiger partial charge in [-0.15, -0.1) is 0 Å². The summed E-state index contributed by atoms with van der Waals surface area (Å²) >= 11 is 0. The lowest BCUT2D eigenvalue weighted by molar-refractivity contribution is -0.384. The van der Waals surface area contributed by atoms with Crippen LogP contribution in [0.5, 0.6) is 11.5 Å². The number of non-ortho nitro benzene ring substituents is 1. The molecule has 12 nitrogen and oxygen atoms in total. The van der Waals surface area contributed by atoms with Crippen LogP contribution in [0, 0.1) is 21.4 Å². The zero-order valence-corrected chi connectivity index (χ0v) is 19.8. The molecule has 0 saturated carbocycles. The highest BCUT2D eigenvalue weighted by Gasteiger charge is 2.44. The maximum atomic E-state index is 13.1. The lowest BCUT2D eigenvalue weighted by Gasteiger charge is -2.36. The van der Waals surface area contributed by atoms with Crippen molar-refractivity contribution in [3.05, 3.63) is 80.8 Å². The van der Waals surface area contributed by atoms with E-state index in [9.17, 15) is 25.0 Å². The second-order valence-corrected chi connectivity index (χ2v) is 7.31. The van der Waals surface area contributed by atoms with Crippen LogP contribution in [-0.2, 0) is 19.1 Å². The van der Waals surface area contributed by atoms with E-state index in [1.807, 2.05) is 6.07 Å². The number of rotatable bonds is 7. The van der Waals surface area contributed by atoms with Gasteiger partial charge in [0.2, 0.25) is 0 Å². The van der Waals surface area contributed by atoms with Crippen LogP contribution in [0.25, 0.3) is 0 Å². The molecule has 186 valence electrons. The molecular formula is C24H22N4O8. The largest absolute Gasteiger partial charge is 0.497 e. The van der Waals surface area contributed by atoms with Crippen molar-refractivity contribution < 1.29 is 33.5 Å². The van der Waals surface area contributed by atoms with Gasteiger partial charge in [-0.1, -0.05) is 12.1 Å². The molecule has 0 fully saturated rings. The van der Waals surface area contributed by atoms with Crippen LogP contribution in [0.4, 0.5) is 11.4 Å². The Morgan fingerprint density at radius 2 is 1.75 bits per heavy atom. The molecule has 3 rings (SSSR count). The van der Waals surface area contributed by atoms with Gasteiger partial charge >= 0.3 is 11.9 Å². The fourth-order valence-corrected chi connectivity index (χ4v) is 3.91. The van der Waals surface area contributed by atoms with E-state index in [0.29, 0.717) is 5.75 Å². The zero-order chi connectivity index (χ0) is 26.6. The minimum Gasteiger partial charge on any atom is -0.497 e. The van der Waals surface area contributed by atoms with Crippen LogP contribution < -0.4 is 20.1 Å². The molecule has 2 aromatic rings. The van der Waals surface area contributed by atoms with E-state index in [0.717, 1.165) is 19.1 Å². The van der Waals surface area contributed by atoms with Crippen molar-refractivity contribution in [2.24, 2.45) is 5.73 Å². The summed E-state index contributed by atoms with van der Waals surface area (Å²) < 4.78 is 20.6. The Morgan fingerprint density at radius 3 is 2.31 bits per heavy atom. The maximum absolute atomic E-state index is 13.1. The van der Waals surface area contributed by atoms with E-state index in [1.165, 1.54) is 50.6 Å². The summed E-state index contributed by atoms with van der Waals surface area (Å²) in [4.78, 5) is 38.2. The first-order valence-corrected chi connectivity index (χ1v) is 10.3. The molecule has 1 aliphatic rings. The van der Waals surface area contributed by atoms with E-state index in [-0.39, 0.29) is 45.4 Å². The molecule has 1 atom stereocenters. The summed E-state index contributed by atoms with van der Waals surface area (Å²) in [5.41, 5.74) is 5.73. The number of nitro benzene ring substituents is 1. The molecule has 1 unspecified atom stereocenters. The monoisotopic (exact) mass is 494 g/mol. The molecule has 0 bridgehead atoms. The third-order valence-electron chi connectivity index (χ3n) is 5.52. The molecule has 2 N–H and O–H groups in total. The lowest BCUT2D eigenvalue weighted by Crippen LogP contribution is -2.41. The van der Waals surface area contributed by atoms with E-state index in [1.54, 1.807) is 6.07 Å². The summed E-state index contributed by atoms with van der Waals surface area (Å²) in [6.07, 6.45) is 0. The Labute approximate surface area is 205 Å². The van der Waals surface area contributed by atoms with Gasteiger partial charge in [0.05, 0.1) is 62.2 Å². The number of carbonyl (C=O) groups is 2. The van der Waals surface area contributed by atoms with Crippen LogP contribution in [0.2, 0.25) is 0 Å². The van der Waals surface area contributed by atoms with Crippen LogP contribution in [0.15, 0.2) is 65.1 Å². The molecular weight excluding hydrogens is 472 g/mol. The minimum atomic E-state index is -1.27. The molecule has 0 saturated heterocycles. The first-order chi connectivity index (χ1) is 17.2. The number of nitro groups is 1. The van der Waals surface area contributed by atoms with Gasteiger partial charge in [-0.3, -0.25) is 15.0 Å². The van der Waals surface area contributed by atoms with Gasteiger partial charge in [0.1, 0.15) is 23.0 Å². The normalized spacial score (nSPS) is 15.2. The summed E-state index contributed by atoms with van der Waals surface area (Å²) in [5.74, 6) is -2.79. The number of hydrogen-bond acceptors (Lipinski definition) is 11. The molecule has 0 aromatic heterocycles. The number of carbonyl (C=O) groups excluding carboxylic acids is 2. The summed E-state index contributed by atoms with van der Waals surface area (Å²) in [5, 5.41) is 21.5. The molecule has 0 spiro atoms. The lowest BCUT2D eigenvalue weighted by atomic mass is 9.80. The Balaban J connectivity index is 2.45. The number of benzene rings is 2. The zero-order valence-electron chi connectivity index (χ0n) is 19.8. The molecule has 0 radical (unpaired) electrons. The standard InChI is InChI=1S/C24H22N4O8/c1-33-15-8-9-17(18(11-15)34-2)27-21(24(30)36-4)20(23(29)35-3)19(16(12-25)22(27)26)13-6-5-7-14(10-13)28(31)32/h5-11,19H,26H2,1-4H3. The van der Waals surface area contributed by atoms with Gasteiger partial charge in [0.15, 0.2) is 0 Å². The Hall–Kier alpha value is -5.05. The predicted molar refractivity (Wildman–Crippen MR) is 126 cm³/mol. The van der Waals surface area contributed by atoms with E-state index in [4.69, 9.17) is 24.7 Å². The molecule has 36 heavy (non-hydrogen) atoms. The van der Waals surface area contributed by atoms with Crippen molar-refractivity contribution in [2.45, 2.75) is 5.92 Å². The molecule has 2 aromatic carbocycles. The van der Waals surface area contributed by atoms with Crippen molar-refractivity contribution in [3.8, 4) is 17.6 Å². The maximum Gasteiger partial charge on any atom is 0.355 e. The topological polar surface area (TPSA) is 167 Å². The highest BCUT2D eigenvalue weighted by Crippen LogP contribution is 2.46. The second-order valence-electron chi connectivity index (χ2n) is 7.31. The predicted octanol–water partition coefficient (Wildman–Crippen LogP) is 2.51.